The van der Waals surface area contributed by atoms with Crippen molar-refractivity contribution in [1.82, 2.24) is 9.88 Å². The Labute approximate surface area is 119 Å². The Morgan fingerprint density at radius 3 is 2.57 bits per heavy atom. The Hall–Kier alpha value is -2.32. The number of amidine groups is 1. The Kier molecular flexibility index (Phi) is 5.12. The number of hydrogen-bond donors (Lipinski definition) is 2. The molecular weight excluding hydrogens is 289 g/mol. The summed E-state index contributed by atoms with van der Waals surface area (Å²) in [6, 6.07) is 1.40. The van der Waals surface area contributed by atoms with Gasteiger partial charge in [0.1, 0.15) is 11.5 Å². The van der Waals surface area contributed by atoms with Crippen LogP contribution in [0.2, 0.25) is 0 Å². The second kappa shape index (κ2) is 6.42. The van der Waals surface area contributed by atoms with Crippen LogP contribution >= 0.6 is 0 Å². The molecule has 0 aliphatic heterocycles. The van der Waals surface area contributed by atoms with E-state index in [2.05, 4.69) is 10.1 Å². The highest BCUT2D eigenvalue weighted by Gasteiger charge is 2.31. The number of aromatic nitrogens is 1. The normalized spacial score (nSPS) is 13.9. The number of nitrogens with two attached hydrogens (primary N) is 1. The van der Waals surface area contributed by atoms with E-state index in [1.54, 1.807) is 6.92 Å². The van der Waals surface area contributed by atoms with Gasteiger partial charge in [-0.2, -0.15) is 13.2 Å². The highest BCUT2D eigenvalue weighted by Crippen LogP contribution is 2.28. The minimum Gasteiger partial charge on any atom is -0.409 e. The number of nitrogens with zero attached hydrogens (tertiary/aromatic N) is 3. The molecule has 3 N–H and O–H groups in total. The number of rotatable bonds is 4. The van der Waals surface area contributed by atoms with Gasteiger partial charge in [-0.25, -0.2) is 0 Å². The van der Waals surface area contributed by atoms with Gasteiger partial charge in [-0.3, -0.25) is 9.78 Å². The van der Waals surface area contributed by atoms with Gasteiger partial charge in [0.25, 0.3) is 5.91 Å². The van der Waals surface area contributed by atoms with Gasteiger partial charge in [0.15, 0.2) is 0 Å². The van der Waals surface area contributed by atoms with Crippen LogP contribution in [-0.4, -0.2) is 39.9 Å². The first kappa shape index (κ1) is 16.7. The van der Waals surface area contributed by atoms with Crippen molar-refractivity contribution >= 4 is 11.7 Å². The maximum Gasteiger partial charge on any atom is 0.417 e. The minimum atomic E-state index is -4.50. The molecule has 9 heteroatoms. The third-order valence-corrected chi connectivity index (χ3v) is 2.92. The Morgan fingerprint density at radius 1 is 1.52 bits per heavy atom. The fourth-order valence-electron chi connectivity index (χ4n) is 1.55. The molecule has 1 rings (SSSR count). The van der Waals surface area contributed by atoms with Crippen LogP contribution in [0.25, 0.3) is 0 Å². The number of alkyl halides is 3. The number of pyridine rings is 1. The van der Waals surface area contributed by atoms with Crippen LogP contribution in [0.4, 0.5) is 13.2 Å². The lowest BCUT2D eigenvalue weighted by Crippen LogP contribution is -2.38. The molecule has 0 saturated heterocycles. The van der Waals surface area contributed by atoms with Crippen molar-refractivity contribution in [2.75, 3.05) is 7.05 Å². The van der Waals surface area contributed by atoms with Crippen LogP contribution < -0.4 is 5.73 Å². The molecule has 1 aromatic rings. The van der Waals surface area contributed by atoms with E-state index in [9.17, 15) is 18.0 Å². The second-order valence-corrected chi connectivity index (χ2v) is 4.49. The first-order valence-electron chi connectivity index (χ1n) is 5.93. The standard InChI is InChI=1S/C12H15F3N4O2/c1-7(5-10(16)18-21)19(2)11(20)9-4-3-8(6-17-9)12(13,14)15/h3-4,6-7,21H,5H2,1-2H3,(H2,16,18). The van der Waals surface area contributed by atoms with Crippen molar-refractivity contribution in [2.45, 2.75) is 25.6 Å². The summed E-state index contributed by atoms with van der Waals surface area (Å²) in [5.41, 5.74) is 4.30. The average Bonchev–Trinajstić information content (AvgIpc) is 2.44. The zero-order chi connectivity index (χ0) is 16.2. The van der Waals surface area contributed by atoms with Crippen LogP contribution in [0.1, 0.15) is 29.4 Å². The first-order valence-corrected chi connectivity index (χ1v) is 5.93. The van der Waals surface area contributed by atoms with Gasteiger partial charge in [-0.15, -0.1) is 0 Å². The monoisotopic (exact) mass is 304 g/mol. The summed E-state index contributed by atoms with van der Waals surface area (Å²) in [6.07, 6.45) is -3.77. The second-order valence-electron chi connectivity index (χ2n) is 4.49. The molecule has 0 bridgehead atoms. The summed E-state index contributed by atoms with van der Waals surface area (Å²) >= 11 is 0. The molecule has 0 aliphatic rings. The van der Waals surface area contributed by atoms with E-state index in [1.807, 2.05) is 0 Å². The van der Waals surface area contributed by atoms with Gasteiger partial charge in [0.05, 0.1) is 5.56 Å². The van der Waals surface area contributed by atoms with Crippen LogP contribution in [0.5, 0.6) is 0 Å². The van der Waals surface area contributed by atoms with Crippen LogP contribution in [-0.2, 0) is 6.18 Å². The molecular formula is C12H15F3N4O2. The van der Waals surface area contributed by atoms with E-state index >= 15 is 0 Å². The van der Waals surface area contributed by atoms with Gasteiger partial charge in [-0.1, -0.05) is 5.16 Å². The summed E-state index contributed by atoms with van der Waals surface area (Å²) in [4.78, 5) is 16.8. The van der Waals surface area contributed by atoms with Gasteiger partial charge in [0, 0.05) is 25.7 Å². The number of carbonyl (C=O) groups is 1. The van der Waals surface area contributed by atoms with E-state index in [1.165, 1.54) is 11.9 Å². The van der Waals surface area contributed by atoms with Gasteiger partial charge in [0.2, 0.25) is 0 Å². The summed E-state index contributed by atoms with van der Waals surface area (Å²) in [5.74, 6) is -0.607. The molecule has 0 aliphatic carbocycles. The van der Waals surface area contributed by atoms with Gasteiger partial charge < -0.3 is 15.8 Å². The molecule has 1 heterocycles. The maximum atomic E-state index is 12.4. The molecule has 21 heavy (non-hydrogen) atoms. The molecule has 0 saturated carbocycles. The van der Waals surface area contributed by atoms with E-state index in [4.69, 9.17) is 10.9 Å². The number of oxime groups is 1. The number of carbonyl (C=O) groups excluding carboxylic acids is 1. The van der Waals surface area contributed by atoms with E-state index in [0.29, 0.717) is 6.20 Å². The lowest BCUT2D eigenvalue weighted by Gasteiger charge is -2.24. The van der Waals surface area contributed by atoms with Crippen molar-refractivity contribution in [3.63, 3.8) is 0 Å². The highest BCUT2D eigenvalue weighted by molar-refractivity contribution is 5.92. The number of hydrogen-bond acceptors (Lipinski definition) is 4. The molecule has 1 unspecified atom stereocenters. The van der Waals surface area contributed by atoms with Crippen molar-refractivity contribution in [3.05, 3.63) is 29.6 Å². The van der Waals surface area contributed by atoms with Crippen molar-refractivity contribution in [2.24, 2.45) is 10.9 Å². The Bertz CT molecular complexity index is 528. The summed E-state index contributed by atoms with van der Waals surface area (Å²) in [5, 5.41) is 11.3. The van der Waals surface area contributed by atoms with Crippen LogP contribution in [0, 0.1) is 0 Å². The third-order valence-electron chi connectivity index (χ3n) is 2.92. The zero-order valence-electron chi connectivity index (χ0n) is 11.4. The quantitative estimate of drug-likeness (QED) is 0.383. The maximum absolute atomic E-state index is 12.4. The van der Waals surface area contributed by atoms with Crippen LogP contribution in [0.15, 0.2) is 23.5 Å². The number of halogens is 3. The molecule has 0 fully saturated rings. The number of amides is 1. The predicted molar refractivity (Wildman–Crippen MR) is 68.8 cm³/mol. The van der Waals surface area contributed by atoms with Gasteiger partial charge in [-0.05, 0) is 19.1 Å². The molecule has 116 valence electrons. The van der Waals surface area contributed by atoms with Crippen molar-refractivity contribution in [3.8, 4) is 0 Å². The summed E-state index contributed by atoms with van der Waals surface area (Å²) in [6.45, 7) is 1.65. The zero-order valence-corrected chi connectivity index (χ0v) is 11.4. The summed E-state index contributed by atoms with van der Waals surface area (Å²) in [7, 11) is 1.46. The van der Waals surface area contributed by atoms with E-state index in [-0.39, 0.29) is 18.0 Å². The topological polar surface area (TPSA) is 91.8 Å². The highest BCUT2D eigenvalue weighted by atomic mass is 19.4. The molecule has 1 amide bonds. The van der Waals surface area contributed by atoms with Gasteiger partial charge >= 0.3 is 6.18 Å². The fraction of sp³-hybridized carbons (Fsp3) is 0.417. The van der Waals surface area contributed by atoms with Crippen LogP contribution in [0.3, 0.4) is 0 Å². The van der Waals surface area contributed by atoms with E-state index in [0.717, 1.165) is 12.1 Å². The smallest absolute Gasteiger partial charge is 0.409 e. The SMILES string of the molecule is CC(C/C(N)=N/O)N(C)C(=O)c1ccc(C(F)(F)F)cn1. The largest absolute Gasteiger partial charge is 0.417 e. The molecule has 0 spiro atoms. The lowest BCUT2D eigenvalue weighted by atomic mass is 10.1. The van der Waals surface area contributed by atoms with Crippen molar-refractivity contribution in [1.29, 1.82) is 0 Å². The lowest BCUT2D eigenvalue weighted by molar-refractivity contribution is -0.137. The minimum absolute atomic E-state index is 0.0532. The Balaban J connectivity index is 2.83. The average molecular weight is 304 g/mol. The molecule has 0 aromatic carbocycles. The fourth-order valence-corrected chi connectivity index (χ4v) is 1.55. The Morgan fingerprint density at radius 2 is 2.14 bits per heavy atom. The molecule has 1 aromatic heterocycles. The van der Waals surface area contributed by atoms with E-state index < -0.39 is 23.7 Å². The summed E-state index contributed by atoms with van der Waals surface area (Å²) < 4.78 is 37.2. The molecule has 6 nitrogen and oxygen atoms in total. The predicted octanol–water partition coefficient (Wildman–Crippen LogP) is 1.70. The molecule has 0 radical (unpaired) electrons. The first-order chi connectivity index (χ1) is 9.66. The molecule has 1 atom stereocenters. The third kappa shape index (κ3) is 4.33. The van der Waals surface area contributed by atoms with Crippen molar-refractivity contribution < 1.29 is 23.2 Å².